The number of rotatable bonds is 11. The minimum atomic E-state index is -4.67. The SMILES string of the molecule is O=CON(c1cscn1)S(=O)(=O)c1cc(Cl)c(NCc2cc(CCN3CCC3)ccc2F)cc1F. The monoisotopic (exact) mass is 542 g/mol. The van der Waals surface area contributed by atoms with Crippen molar-refractivity contribution in [3.05, 3.63) is 69.0 Å². The largest absolute Gasteiger partial charge is 0.380 e. The molecule has 1 aliphatic rings. The zero-order valence-corrected chi connectivity index (χ0v) is 20.7. The third-order valence-corrected chi connectivity index (χ3v) is 7.97. The van der Waals surface area contributed by atoms with Crippen molar-refractivity contribution >= 4 is 50.9 Å². The Morgan fingerprint density at radius 3 is 2.69 bits per heavy atom. The second kappa shape index (κ2) is 10.9. The van der Waals surface area contributed by atoms with Gasteiger partial charge in [-0.3, -0.25) is 4.79 Å². The summed E-state index contributed by atoms with van der Waals surface area (Å²) < 4.78 is 55.3. The van der Waals surface area contributed by atoms with Crippen molar-refractivity contribution in [2.45, 2.75) is 24.3 Å². The number of carbonyl (C=O) groups excluding carboxylic acids is 1. The molecule has 1 N–H and O–H groups in total. The fourth-order valence-electron chi connectivity index (χ4n) is 3.52. The highest BCUT2D eigenvalue weighted by molar-refractivity contribution is 7.92. The second-order valence-electron chi connectivity index (χ2n) is 7.77. The Morgan fingerprint density at radius 2 is 2.03 bits per heavy atom. The van der Waals surface area contributed by atoms with Crippen LogP contribution in [0.2, 0.25) is 5.02 Å². The van der Waals surface area contributed by atoms with Crippen LogP contribution in [0.3, 0.4) is 0 Å². The summed E-state index contributed by atoms with van der Waals surface area (Å²) in [6.07, 6.45) is 1.98. The predicted octanol–water partition coefficient (Wildman–Crippen LogP) is 4.22. The third-order valence-electron chi connectivity index (χ3n) is 5.51. The smallest absolute Gasteiger partial charge is 0.322 e. The molecule has 2 aromatic carbocycles. The summed E-state index contributed by atoms with van der Waals surface area (Å²) in [5.74, 6) is -1.79. The molecule has 1 aromatic heterocycles. The van der Waals surface area contributed by atoms with Gasteiger partial charge in [-0.1, -0.05) is 28.2 Å². The van der Waals surface area contributed by atoms with Crippen molar-refractivity contribution in [1.29, 1.82) is 0 Å². The second-order valence-corrected chi connectivity index (χ2v) is 10.6. The Balaban J connectivity index is 1.51. The van der Waals surface area contributed by atoms with Crippen molar-refractivity contribution in [2.24, 2.45) is 0 Å². The van der Waals surface area contributed by atoms with Crippen LogP contribution in [-0.4, -0.2) is 44.4 Å². The Hall–Kier alpha value is -2.80. The lowest BCUT2D eigenvalue weighted by Crippen LogP contribution is -2.38. The molecular weight excluding hydrogens is 522 g/mol. The van der Waals surface area contributed by atoms with E-state index >= 15 is 0 Å². The summed E-state index contributed by atoms with van der Waals surface area (Å²) in [6, 6.07) is 6.65. The Kier molecular flexibility index (Phi) is 7.85. The van der Waals surface area contributed by atoms with Gasteiger partial charge in [0.25, 0.3) is 10.0 Å². The lowest BCUT2D eigenvalue weighted by molar-refractivity contribution is -0.128. The molecule has 1 aliphatic heterocycles. The average molecular weight is 543 g/mol. The number of nitrogens with zero attached hydrogens (tertiary/aromatic N) is 3. The molecule has 186 valence electrons. The van der Waals surface area contributed by atoms with Crippen molar-refractivity contribution in [2.75, 3.05) is 29.4 Å². The van der Waals surface area contributed by atoms with E-state index in [1.54, 1.807) is 12.1 Å². The van der Waals surface area contributed by atoms with E-state index in [2.05, 4.69) is 20.0 Å². The maximum atomic E-state index is 14.9. The summed E-state index contributed by atoms with van der Waals surface area (Å²) >= 11 is 7.28. The number of anilines is 2. The van der Waals surface area contributed by atoms with Gasteiger partial charge < -0.3 is 15.1 Å². The number of aromatic nitrogens is 1. The van der Waals surface area contributed by atoms with Crippen molar-refractivity contribution < 1.29 is 26.8 Å². The van der Waals surface area contributed by atoms with Crippen LogP contribution in [0, 0.1) is 11.6 Å². The van der Waals surface area contributed by atoms with Gasteiger partial charge in [-0.2, -0.15) is 8.42 Å². The molecule has 0 aliphatic carbocycles. The van der Waals surface area contributed by atoms with E-state index in [1.165, 1.54) is 23.4 Å². The maximum absolute atomic E-state index is 14.9. The number of likely N-dealkylation sites (tertiary alicyclic amines) is 1. The van der Waals surface area contributed by atoms with Gasteiger partial charge in [0.2, 0.25) is 0 Å². The molecule has 4 rings (SSSR count). The van der Waals surface area contributed by atoms with E-state index < -0.39 is 26.6 Å². The van der Waals surface area contributed by atoms with Crippen LogP contribution in [0.5, 0.6) is 0 Å². The van der Waals surface area contributed by atoms with Crippen LogP contribution >= 0.6 is 22.9 Å². The van der Waals surface area contributed by atoms with Crippen LogP contribution in [0.4, 0.5) is 20.3 Å². The van der Waals surface area contributed by atoms with Gasteiger partial charge in [-0.15, -0.1) is 11.3 Å². The standard InChI is InChI=1S/C22H21ClF2N4O4S2/c23-17-9-21(35(31,32)29(33-14-30)22-12-34-13-27-22)19(25)10-20(17)26-11-16-8-15(2-3-18(16)24)4-7-28-5-1-6-28/h2-3,8-10,12-14,26H,1,4-7,11H2. The molecule has 0 radical (unpaired) electrons. The number of hydrogen-bond acceptors (Lipinski definition) is 8. The first kappa shape index (κ1) is 25.3. The fraction of sp³-hybridized carbons (Fsp3) is 0.273. The average Bonchev–Trinajstić information content (AvgIpc) is 3.32. The van der Waals surface area contributed by atoms with Gasteiger partial charge in [0.1, 0.15) is 16.5 Å². The number of benzene rings is 2. The minimum absolute atomic E-state index is 0.00778. The number of thiazole rings is 1. The highest BCUT2D eigenvalue weighted by Gasteiger charge is 2.32. The molecule has 0 amide bonds. The molecule has 2 heterocycles. The van der Waals surface area contributed by atoms with Crippen molar-refractivity contribution in [3.63, 3.8) is 0 Å². The Morgan fingerprint density at radius 1 is 1.23 bits per heavy atom. The fourth-order valence-corrected chi connectivity index (χ4v) is 5.64. The van der Waals surface area contributed by atoms with Gasteiger partial charge in [0.05, 0.1) is 16.2 Å². The minimum Gasteiger partial charge on any atom is -0.380 e. The molecule has 35 heavy (non-hydrogen) atoms. The van der Waals surface area contributed by atoms with E-state index in [1.807, 2.05) is 0 Å². The molecular formula is C22H21ClF2N4O4S2. The van der Waals surface area contributed by atoms with Crippen LogP contribution in [0.25, 0.3) is 0 Å². The van der Waals surface area contributed by atoms with Crippen LogP contribution < -0.4 is 9.79 Å². The van der Waals surface area contributed by atoms with Gasteiger partial charge in [0, 0.05) is 24.0 Å². The molecule has 13 heteroatoms. The lowest BCUT2D eigenvalue weighted by Gasteiger charge is -2.30. The molecule has 0 saturated carbocycles. The van der Waals surface area contributed by atoms with Crippen LogP contribution in [0.15, 0.2) is 46.1 Å². The molecule has 0 atom stereocenters. The summed E-state index contributed by atoms with van der Waals surface area (Å²) in [4.78, 5) is 20.7. The summed E-state index contributed by atoms with van der Waals surface area (Å²) in [5.41, 5.74) is 2.74. The van der Waals surface area contributed by atoms with E-state index in [4.69, 9.17) is 11.6 Å². The highest BCUT2D eigenvalue weighted by atomic mass is 35.5. The van der Waals surface area contributed by atoms with Gasteiger partial charge in [-0.05, 0) is 49.7 Å². The summed E-state index contributed by atoms with van der Waals surface area (Å²) in [7, 11) is -4.67. The predicted molar refractivity (Wildman–Crippen MR) is 129 cm³/mol. The molecule has 3 aromatic rings. The molecule has 0 bridgehead atoms. The number of sulfonamides is 1. The quantitative estimate of drug-likeness (QED) is 0.286. The zero-order valence-electron chi connectivity index (χ0n) is 18.3. The molecule has 0 spiro atoms. The number of carbonyl (C=O) groups is 1. The zero-order chi connectivity index (χ0) is 25.0. The maximum Gasteiger partial charge on any atom is 0.322 e. The first-order valence-corrected chi connectivity index (χ1v) is 13.3. The van der Waals surface area contributed by atoms with Gasteiger partial charge >= 0.3 is 6.47 Å². The molecule has 8 nitrogen and oxygen atoms in total. The normalized spacial score (nSPS) is 13.8. The number of hydrogen-bond donors (Lipinski definition) is 1. The van der Waals surface area contributed by atoms with E-state index in [9.17, 15) is 22.0 Å². The number of halogens is 3. The highest BCUT2D eigenvalue weighted by Crippen LogP contribution is 2.32. The number of nitrogens with one attached hydrogen (secondary N) is 1. The first-order valence-electron chi connectivity index (χ1n) is 10.6. The lowest BCUT2D eigenvalue weighted by atomic mass is 10.1. The molecule has 1 saturated heterocycles. The van der Waals surface area contributed by atoms with E-state index in [-0.39, 0.29) is 34.0 Å². The Labute approximate surface area is 210 Å². The first-order chi connectivity index (χ1) is 16.8. The molecule has 1 fully saturated rings. The van der Waals surface area contributed by atoms with Crippen molar-refractivity contribution in [1.82, 2.24) is 9.88 Å². The van der Waals surface area contributed by atoms with E-state index in [0.29, 0.717) is 5.56 Å². The van der Waals surface area contributed by atoms with Gasteiger partial charge in [0.15, 0.2) is 5.82 Å². The summed E-state index contributed by atoms with van der Waals surface area (Å²) in [5, 5.41) is 4.04. The van der Waals surface area contributed by atoms with Crippen LogP contribution in [0.1, 0.15) is 17.5 Å². The third kappa shape index (κ3) is 5.72. The van der Waals surface area contributed by atoms with Crippen molar-refractivity contribution in [3.8, 4) is 0 Å². The summed E-state index contributed by atoms with van der Waals surface area (Å²) in [6.45, 7) is 2.95. The van der Waals surface area contributed by atoms with Crippen LogP contribution in [-0.2, 0) is 32.6 Å². The van der Waals surface area contributed by atoms with E-state index in [0.717, 1.165) is 55.1 Å². The Bertz CT molecular complexity index is 1310. The van der Waals surface area contributed by atoms with Gasteiger partial charge in [-0.25, -0.2) is 13.8 Å². The molecule has 0 unspecified atom stereocenters. The topological polar surface area (TPSA) is 91.8 Å².